The summed E-state index contributed by atoms with van der Waals surface area (Å²) in [6, 6.07) is 6.47. The van der Waals surface area contributed by atoms with Gasteiger partial charge in [-0.1, -0.05) is 18.2 Å². The summed E-state index contributed by atoms with van der Waals surface area (Å²) in [7, 11) is -3.09. The van der Waals surface area contributed by atoms with Crippen LogP contribution in [0.25, 0.3) is 10.8 Å². The van der Waals surface area contributed by atoms with E-state index in [2.05, 4.69) is 15.5 Å². The zero-order chi connectivity index (χ0) is 20.3. The van der Waals surface area contributed by atoms with Crippen LogP contribution in [-0.2, 0) is 25.8 Å². The van der Waals surface area contributed by atoms with Crippen molar-refractivity contribution < 1.29 is 18.0 Å². The number of aromatic amines is 1. The van der Waals surface area contributed by atoms with Crippen LogP contribution in [0.3, 0.4) is 0 Å². The predicted octanol–water partition coefficient (Wildman–Crippen LogP) is -0.383. The molecule has 1 saturated heterocycles. The molecule has 0 radical (unpaired) electrons. The molecule has 0 aliphatic carbocycles. The fourth-order valence-corrected chi connectivity index (χ4v) is 4.97. The number of nitrogens with one attached hydrogen (secondary N) is 2. The summed E-state index contributed by atoms with van der Waals surface area (Å²) < 4.78 is 23.0. The summed E-state index contributed by atoms with van der Waals surface area (Å²) in [5.74, 6) is -0.691. The number of rotatable bonds is 6. The highest BCUT2D eigenvalue weighted by Gasteiger charge is 2.29. The molecule has 2 aromatic rings. The summed E-state index contributed by atoms with van der Waals surface area (Å²) in [5, 5.41) is 10.1. The van der Waals surface area contributed by atoms with Gasteiger partial charge in [0.1, 0.15) is 0 Å². The molecule has 28 heavy (non-hydrogen) atoms. The van der Waals surface area contributed by atoms with Crippen LogP contribution in [0.15, 0.2) is 29.1 Å². The number of hydrogen-bond donors (Lipinski definition) is 2. The Balaban J connectivity index is 1.66. The normalized spacial score (nSPS) is 18.1. The molecule has 2 amide bonds. The van der Waals surface area contributed by atoms with Gasteiger partial charge in [-0.15, -0.1) is 0 Å². The number of carbonyl (C=O) groups is 2. The van der Waals surface area contributed by atoms with E-state index in [1.807, 2.05) is 0 Å². The van der Waals surface area contributed by atoms with Crippen molar-refractivity contribution in [2.45, 2.75) is 25.8 Å². The highest BCUT2D eigenvalue weighted by atomic mass is 32.2. The molecule has 2 N–H and O–H groups in total. The molecule has 1 aromatic carbocycles. The Kier molecular flexibility index (Phi) is 5.78. The Morgan fingerprint density at radius 2 is 2.00 bits per heavy atom. The van der Waals surface area contributed by atoms with Gasteiger partial charge in [-0.2, -0.15) is 5.10 Å². The number of amides is 2. The topological polar surface area (TPSA) is 129 Å². The third-order valence-corrected chi connectivity index (χ3v) is 6.53. The molecule has 3 rings (SSSR count). The maximum absolute atomic E-state index is 12.7. The lowest BCUT2D eigenvalue weighted by molar-refractivity contribution is -0.135. The van der Waals surface area contributed by atoms with Gasteiger partial charge in [0.15, 0.2) is 9.84 Å². The van der Waals surface area contributed by atoms with E-state index < -0.39 is 21.8 Å². The zero-order valence-corrected chi connectivity index (χ0v) is 16.3. The van der Waals surface area contributed by atoms with E-state index in [-0.39, 0.29) is 35.9 Å². The number of aromatic nitrogens is 2. The van der Waals surface area contributed by atoms with Crippen molar-refractivity contribution in [1.82, 2.24) is 20.4 Å². The molecule has 1 aliphatic rings. The summed E-state index contributed by atoms with van der Waals surface area (Å²) in [6.07, 6.45) is 0.331. The lowest BCUT2D eigenvalue weighted by Crippen LogP contribution is -2.45. The molecule has 1 aliphatic heterocycles. The van der Waals surface area contributed by atoms with Gasteiger partial charge in [0.05, 0.1) is 35.6 Å². The van der Waals surface area contributed by atoms with Gasteiger partial charge in [0.2, 0.25) is 11.8 Å². The van der Waals surface area contributed by atoms with Crippen molar-refractivity contribution in [2.75, 3.05) is 24.6 Å². The summed E-state index contributed by atoms with van der Waals surface area (Å²) in [6.45, 7) is 1.91. The lowest BCUT2D eigenvalue weighted by atomic mass is 10.1. The number of fused-ring (bicyclic) bond motifs is 1. The van der Waals surface area contributed by atoms with Crippen molar-refractivity contribution in [3.63, 3.8) is 0 Å². The number of carbonyl (C=O) groups excluding carboxylic acids is 2. The molecule has 150 valence electrons. The smallest absolute Gasteiger partial charge is 0.272 e. The second-order valence-corrected chi connectivity index (χ2v) is 9.03. The summed E-state index contributed by atoms with van der Waals surface area (Å²) in [4.78, 5) is 38.1. The first-order valence-corrected chi connectivity index (χ1v) is 10.8. The predicted molar refractivity (Wildman–Crippen MR) is 104 cm³/mol. The first-order chi connectivity index (χ1) is 13.3. The minimum absolute atomic E-state index is 0.0593. The van der Waals surface area contributed by atoms with Crippen LogP contribution in [0, 0.1) is 0 Å². The van der Waals surface area contributed by atoms with Crippen molar-refractivity contribution in [1.29, 1.82) is 0 Å². The molecule has 1 aromatic heterocycles. The van der Waals surface area contributed by atoms with Crippen molar-refractivity contribution in [3.05, 3.63) is 40.3 Å². The van der Waals surface area contributed by atoms with Gasteiger partial charge in [0.25, 0.3) is 5.56 Å². The Hall–Kier alpha value is -2.75. The van der Waals surface area contributed by atoms with Crippen molar-refractivity contribution in [2.24, 2.45) is 0 Å². The van der Waals surface area contributed by atoms with Gasteiger partial charge in [-0.3, -0.25) is 14.4 Å². The fourth-order valence-electron chi connectivity index (χ4n) is 3.29. The standard InChI is InChI=1S/C18H22N4O5S/c1-2-22(10-16(23)19-12-7-8-28(26,27)11-12)17(24)9-15-13-5-3-4-6-14(13)18(25)21-20-15/h3-6,12H,2,7-11H2,1H3,(H,19,23)(H,21,25)/t12-/m0/s1. The second-order valence-electron chi connectivity index (χ2n) is 6.80. The number of hydrogen-bond acceptors (Lipinski definition) is 6. The second kappa shape index (κ2) is 8.09. The number of likely N-dealkylation sites (N-methyl/N-ethyl adjacent to an activating group) is 1. The summed E-state index contributed by atoms with van der Waals surface area (Å²) >= 11 is 0. The number of H-pyrrole nitrogens is 1. The molecule has 10 heteroatoms. The van der Waals surface area contributed by atoms with Gasteiger partial charge >= 0.3 is 0 Å². The van der Waals surface area contributed by atoms with Crippen LogP contribution in [0.4, 0.5) is 0 Å². The molecule has 2 heterocycles. The van der Waals surface area contributed by atoms with E-state index in [4.69, 9.17) is 0 Å². The maximum Gasteiger partial charge on any atom is 0.272 e. The van der Waals surface area contributed by atoms with Gasteiger partial charge in [-0.05, 0) is 19.4 Å². The first kappa shape index (κ1) is 20.0. The highest BCUT2D eigenvalue weighted by Crippen LogP contribution is 2.14. The van der Waals surface area contributed by atoms with Crippen LogP contribution in [0.1, 0.15) is 19.0 Å². The van der Waals surface area contributed by atoms with Gasteiger partial charge in [0, 0.05) is 18.0 Å². The monoisotopic (exact) mass is 406 g/mol. The van der Waals surface area contributed by atoms with E-state index in [0.717, 1.165) is 0 Å². The van der Waals surface area contributed by atoms with Gasteiger partial charge in [-0.25, -0.2) is 13.5 Å². The van der Waals surface area contributed by atoms with Crippen LogP contribution >= 0.6 is 0 Å². The van der Waals surface area contributed by atoms with E-state index in [0.29, 0.717) is 29.4 Å². The quantitative estimate of drug-likeness (QED) is 0.673. The molecule has 0 bridgehead atoms. The molecule has 0 saturated carbocycles. The van der Waals surface area contributed by atoms with Crippen LogP contribution in [-0.4, -0.2) is 66.0 Å². The van der Waals surface area contributed by atoms with E-state index in [9.17, 15) is 22.8 Å². The largest absolute Gasteiger partial charge is 0.351 e. The van der Waals surface area contributed by atoms with Crippen molar-refractivity contribution >= 4 is 32.4 Å². The lowest BCUT2D eigenvalue weighted by Gasteiger charge is -2.21. The fraction of sp³-hybridized carbons (Fsp3) is 0.444. The van der Waals surface area contributed by atoms with E-state index >= 15 is 0 Å². The molecular formula is C18H22N4O5S. The average molecular weight is 406 g/mol. The third-order valence-electron chi connectivity index (χ3n) is 4.76. The molecule has 1 atom stereocenters. The van der Waals surface area contributed by atoms with Crippen LogP contribution in [0.2, 0.25) is 0 Å². The number of benzene rings is 1. The van der Waals surface area contributed by atoms with E-state index in [1.165, 1.54) is 4.90 Å². The Morgan fingerprint density at radius 3 is 2.64 bits per heavy atom. The Labute approximate surface area is 162 Å². The Bertz CT molecular complexity index is 1060. The highest BCUT2D eigenvalue weighted by molar-refractivity contribution is 7.91. The first-order valence-electron chi connectivity index (χ1n) is 9.03. The minimum Gasteiger partial charge on any atom is -0.351 e. The molecule has 9 nitrogen and oxygen atoms in total. The molecule has 0 unspecified atom stereocenters. The van der Waals surface area contributed by atoms with Crippen LogP contribution in [0.5, 0.6) is 0 Å². The van der Waals surface area contributed by atoms with Crippen LogP contribution < -0.4 is 10.9 Å². The molecule has 1 fully saturated rings. The minimum atomic E-state index is -3.09. The molecule has 0 spiro atoms. The zero-order valence-electron chi connectivity index (χ0n) is 15.5. The third kappa shape index (κ3) is 4.56. The van der Waals surface area contributed by atoms with Crippen molar-refractivity contribution in [3.8, 4) is 0 Å². The Morgan fingerprint density at radius 1 is 1.29 bits per heavy atom. The molecular weight excluding hydrogens is 384 g/mol. The number of nitrogens with zero attached hydrogens (tertiary/aromatic N) is 2. The average Bonchev–Trinajstić information content (AvgIpc) is 3.00. The SMILES string of the molecule is CCN(CC(=O)N[C@H]1CCS(=O)(=O)C1)C(=O)Cc1n[nH]c(=O)c2ccccc12. The van der Waals surface area contributed by atoms with E-state index in [1.54, 1.807) is 31.2 Å². The summed E-state index contributed by atoms with van der Waals surface area (Å²) in [5.41, 5.74) is 0.103. The maximum atomic E-state index is 12.7. The number of sulfone groups is 1. The van der Waals surface area contributed by atoms with Gasteiger partial charge < -0.3 is 10.2 Å².